The van der Waals surface area contributed by atoms with Crippen LogP contribution in [0, 0.1) is 6.92 Å². The van der Waals surface area contributed by atoms with E-state index in [0.29, 0.717) is 17.1 Å². The van der Waals surface area contributed by atoms with Crippen molar-refractivity contribution in [2.45, 2.75) is 44.2 Å². The third-order valence-electron chi connectivity index (χ3n) is 7.18. The fourth-order valence-corrected chi connectivity index (χ4v) is 6.22. The number of carbonyl (C=O) groups is 4. The van der Waals surface area contributed by atoms with Crippen LogP contribution in [0.5, 0.6) is 5.75 Å². The van der Waals surface area contributed by atoms with Crippen LogP contribution in [0.25, 0.3) is 0 Å². The van der Waals surface area contributed by atoms with Gasteiger partial charge in [0, 0.05) is 18.7 Å². The molecule has 2 heterocycles. The topological polar surface area (TPSA) is 139 Å². The molecule has 1 unspecified atom stereocenters. The van der Waals surface area contributed by atoms with E-state index in [-0.39, 0.29) is 42.0 Å². The first-order valence-corrected chi connectivity index (χ1v) is 14.7. The van der Waals surface area contributed by atoms with Crippen LogP contribution >= 0.6 is 0 Å². The van der Waals surface area contributed by atoms with Gasteiger partial charge in [-0.15, -0.1) is 0 Å². The highest BCUT2D eigenvalue weighted by Crippen LogP contribution is 2.38. The van der Waals surface area contributed by atoms with E-state index >= 15 is 0 Å². The lowest BCUT2D eigenvalue weighted by atomic mass is 10.0. The number of amides is 4. The largest absolute Gasteiger partial charge is 0.497 e. The van der Waals surface area contributed by atoms with E-state index in [1.54, 1.807) is 49.3 Å². The third-order valence-corrected chi connectivity index (χ3v) is 8.61. The van der Waals surface area contributed by atoms with Crippen LogP contribution < -0.4 is 15.0 Å². The monoisotopic (exact) mass is 591 g/mol. The number of fused-ring (bicyclic) bond motifs is 1. The van der Waals surface area contributed by atoms with Crippen molar-refractivity contribution < 1.29 is 36.5 Å². The predicted molar refractivity (Wildman–Crippen MR) is 152 cm³/mol. The zero-order valence-corrected chi connectivity index (χ0v) is 24.1. The summed E-state index contributed by atoms with van der Waals surface area (Å²) in [6.07, 6.45) is 0.0453. The third kappa shape index (κ3) is 5.38. The average Bonchev–Trinajstić information content (AvgIpc) is 3.20. The molecule has 218 valence electrons. The Labute approximate surface area is 243 Å². The molecule has 4 amide bonds. The minimum absolute atomic E-state index is 0.00907. The summed E-state index contributed by atoms with van der Waals surface area (Å²) >= 11 is 0. The van der Waals surface area contributed by atoms with Crippen molar-refractivity contribution in [3.8, 4) is 5.75 Å². The number of nitrogens with zero attached hydrogens (tertiary/aromatic N) is 2. The van der Waals surface area contributed by atoms with Crippen molar-refractivity contribution in [2.75, 3.05) is 18.6 Å². The minimum atomic E-state index is -4.14. The maximum Gasteiger partial charge on any atom is 0.299 e. The lowest BCUT2D eigenvalue weighted by Gasteiger charge is -2.28. The molecule has 1 fully saturated rings. The van der Waals surface area contributed by atoms with Crippen LogP contribution in [0.15, 0.2) is 65.6 Å². The van der Waals surface area contributed by atoms with E-state index in [1.807, 2.05) is 19.1 Å². The molecule has 0 bridgehead atoms. The molecule has 0 radical (unpaired) electrons. The molecule has 2 aliphatic heterocycles. The number of rotatable bonds is 9. The molecule has 1 saturated heterocycles. The summed E-state index contributed by atoms with van der Waals surface area (Å²) in [4.78, 5) is 53.5. The van der Waals surface area contributed by atoms with Crippen molar-refractivity contribution in [2.24, 2.45) is 0 Å². The molecule has 1 atom stereocenters. The molecule has 0 aromatic heterocycles. The Morgan fingerprint density at radius 2 is 1.67 bits per heavy atom. The first-order chi connectivity index (χ1) is 20.0. The number of ether oxygens (including phenoxy) is 1. The average molecular weight is 592 g/mol. The Morgan fingerprint density at radius 3 is 2.33 bits per heavy atom. The predicted octanol–water partition coefficient (Wildman–Crippen LogP) is 3.47. The highest BCUT2D eigenvalue weighted by Gasteiger charge is 2.44. The lowest BCUT2D eigenvalue weighted by Crippen LogP contribution is -2.54. The van der Waals surface area contributed by atoms with Gasteiger partial charge >= 0.3 is 0 Å². The standard InChI is InChI=1S/C30H29N3O8S/c1-4-41-42(38,39)26-13-5-18(2)15-25(26)32(17-19-6-9-21(40-3)10-7-19)20-8-11-22-23(16-20)30(37)33(29(22)36)24-12-14-27(34)31-28(24)35/h5-11,13,15-16,24H,4,12,14,17H2,1-3H3,(H,31,34,35). The number of aryl methyl sites for hydroxylation is 1. The Hall–Kier alpha value is -4.55. The van der Waals surface area contributed by atoms with E-state index in [2.05, 4.69) is 5.32 Å². The number of nitrogens with one attached hydrogen (secondary N) is 1. The van der Waals surface area contributed by atoms with Crippen LogP contribution in [-0.2, 0) is 30.4 Å². The van der Waals surface area contributed by atoms with E-state index in [9.17, 15) is 27.6 Å². The quantitative estimate of drug-likeness (QED) is 0.293. The van der Waals surface area contributed by atoms with E-state index in [1.165, 1.54) is 18.2 Å². The SMILES string of the molecule is CCOS(=O)(=O)c1ccc(C)cc1N(Cc1ccc(OC)cc1)c1ccc2c(c1)C(=O)N(C1CCC(=O)NC1=O)C2=O. The fourth-order valence-electron chi connectivity index (χ4n) is 5.12. The van der Waals surface area contributed by atoms with Crippen LogP contribution in [0.2, 0.25) is 0 Å². The molecule has 11 nitrogen and oxygen atoms in total. The zero-order valence-electron chi connectivity index (χ0n) is 23.2. The van der Waals surface area contributed by atoms with Crippen molar-refractivity contribution in [3.05, 3.63) is 82.9 Å². The number of imide groups is 2. The van der Waals surface area contributed by atoms with Crippen molar-refractivity contribution in [3.63, 3.8) is 0 Å². The normalized spacial score (nSPS) is 16.8. The molecule has 5 rings (SSSR count). The van der Waals surface area contributed by atoms with Gasteiger partial charge in [-0.2, -0.15) is 8.42 Å². The summed E-state index contributed by atoms with van der Waals surface area (Å²) in [6, 6.07) is 15.6. The van der Waals surface area contributed by atoms with Crippen LogP contribution in [-0.4, -0.2) is 56.7 Å². The number of anilines is 2. The molecular formula is C30H29N3O8S. The number of benzene rings is 3. The summed E-state index contributed by atoms with van der Waals surface area (Å²) < 4.78 is 36.7. The van der Waals surface area contributed by atoms with Gasteiger partial charge in [-0.1, -0.05) is 18.2 Å². The highest BCUT2D eigenvalue weighted by atomic mass is 32.2. The number of carbonyl (C=O) groups excluding carboxylic acids is 4. The van der Waals surface area contributed by atoms with E-state index in [4.69, 9.17) is 8.92 Å². The van der Waals surface area contributed by atoms with Crippen molar-refractivity contribution in [1.82, 2.24) is 10.2 Å². The molecule has 42 heavy (non-hydrogen) atoms. The minimum Gasteiger partial charge on any atom is -0.497 e. The molecule has 0 spiro atoms. The first-order valence-electron chi connectivity index (χ1n) is 13.3. The second-order valence-electron chi connectivity index (χ2n) is 9.94. The zero-order chi connectivity index (χ0) is 30.2. The number of hydrogen-bond acceptors (Lipinski definition) is 9. The molecule has 3 aromatic carbocycles. The maximum absolute atomic E-state index is 13.5. The Bertz CT molecular complexity index is 1700. The van der Waals surface area contributed by atoms with Gasteiger partial charge in [0.2, 0.25) is 11.8 Å². The van der Waals surface area contributed by atoms with Gasteiger partial charge in [-0.3, -0.25) is 33.6 Å². The first kappa shape index (κ1) is 29.0. The second-order valence-corrected chi connectivity index (χ2v) is 11.5. The molecular weight excluding hydrogens is 562 g/mol. The summed E-state index contributed by atoms with van der Waals surface area (Å²) in [5.74, 6) is -1.81. The number of hydrogen-bond donors (Lipinski definition) is 1. The molecule has 1 N–H and O–H groups in total. The van der Waals surface area contributed by atoms with Crippen molar-refractivity contribution in [1.29, 1.82) is 0 Å². The second kappa shape index (κ2) is 11.4. The summed E-state index contributed by atoms with van der Waals surface area (Å²) in [5.41, 5.74) is 2.54. The van der Waals surface area contributed by atoms with Crippen LogP contribution in [0.1, 0.15) is 51.6 Å². The molecule has 0 saturated carbocycles. The summed E-state index contributed by atoms with van der Waals surface area (Å²) in [5, 5.41) is 2.19. The van der Waals surface area contributed by atoms with Gasteiger partial charge in [-0.25, -0.2) is 0 Å². The van der Waals surface area contributed by atoms with Crippen molar-refractivity contribution >= 4 is 45.1 Å². The molecule has 12 heteroatoms. The van der Waals surface area contributed by atoms with Gasteiger partial charge in [0.1, 0.15) is 16.7 Å². The number of methoxy groups -OCH3 is 1. The van der Waals surface area contributed by atoms with Gasteiger partial charge in [0.05, 0.1) is 30.5 Å². The van der Waals surface area contributed by atoms with Gasteiger partial charge in [0.15, 0.2) is 0 Å². The highest BCUT2D eigenvalue weighted by molar-refractivity contribution is 7.87. The van der Waals surface area contributed by atoms with Gasteiger partial charge < -0.3 is 9.64 Å². The molecule has 2 aliphatic rings. The van der Waals surface area contributed by atoms with E-state index in [0.717, 1.165) is 16.0 Å². The molecule has 0 aliphatic carbocycles. The lowest BCUT2D eigenvalue weighted by molar-refractivity contribution is -0.136. The Morgan fingerprint density at radius 1 is 0.952 bits per heavy atom. The molecule has 3 aromatic rings. The smallest absolute Gasteiger partial charge is 0.299 e. The number of piperidine rings is 1. The van der Waals surface area contributed by atoms with Gasteiger partial charge in [-0.05, 0) is 73.9 Å². The Balaban J connectivity index is 1.61. The summed E-state index contributed by atoms with van der Waals surface area (Å²) in [6.45, 7) is 3.55. The van der Waals surface area contributed by atoms with E-state index < -0.39 is 39.8 Å². The van der Waals surface area contributed by atoms with Gasteiger partial charge in [0.25, 0.3) is 21.9 Å². The maximum atomic E-state index is 13.5. The fraction of sp³-hybridized carbons (Fsp3) is 0.267. The van der Waals surface area contributed by atoms with Crippen LogP contribution in [0.3, 0.4) is 0 Å². The Kier molecular flexibility index (Phi) is 7.85. The summed E-state index contributed by atoms with van der Waals surface area (Å²) in [7, 11) is -2.59. The van der Waals surface area contributed by atoms with Crippen LogP contribution in [0.4, 0.5) is 11.4 Å².